The smallest absolute Gasteiger partial charge is 0.305 e. The third kappa shape index (κ3) is 39.0. The summed E-state index contributed by atoms with van der Waals surface area (Å²) in [7, 11) is 3.99. The predicted octanol–water partition coefficient (Wildman–Crippen LogP) is 15.8. The average molecular weight is 1050 g/mol. The second-order valence-electron chi connectivity index (χ2n) is 21.8. The van der Waals surface area contributed by atoms with Gasteiger partial charge in [0.2, 0.25) is 0 Å². The molecular formula is C60H112N2O8S2. The topological polar surface area (TPSA) is 112 Å². The van der Waals surface area contributed by atoms with Crippen LogP contribution in [0.25, 0.3) is 0 Å². The van der Waals surface area contributed by atoms with Crippen LogP contribution in [0, 0.1) is 23.7 Å². The zero-order valence-electron chi connectivity index (χ0n) is 47.2. The molecule has 0 radical (unpaired) electrons. The molecule has 2 saturated heterocycles. The van der Waals surface area contributed by atoms with Crippen molar-refractivity contribution in [2.24, 2.45) is 23.7 Å². The first-order valence-corrected chi connectivity index (χ1v) is 33.1. The molecule has 422 valence electrons. The normalized spacial score (nSPS) is 15.9. The van der Waals surface area contributed by atoms with Crippen LogP contribution in [-0.4, -0.2) is 111 Å². The van der Waals surface area contributed by atoms with Crippen molar-refractivity contribution >= 4 is 45.5 Å². The molecule has 2 unspecified atom stereocenters. The Labute approximate surface area is 451 Å². The van der Waals surface area contributed by atoms with E-state index in [9.17, 15) is 19.2 Å². The van der Waals surface area contributed by atoms with Crippen molar-refractivity contribution < 1.29 is 38.1 Å². The van der Waals surface area contributed by atoms with Gasteiger partial charge in [-0.25, -0.2) is 0 Å². The highest BCUT2D eigenvalue weighted by molar-refractivity contribution is 8.76. The first-order valence-electron chi connectivity index (χ1n) is 30.6. The number of ether oxygens (including phenoxy) is 4. The van der Waals surface area contributed by atoms with Crippen molar-refractivity contribution in [1.82, 2.24) is 9.80 Å². The molecule has 0 bridgehead atoms. The van der Waals surface area contributed by atoms with Gasteiger partial charge in [-0.2, -0.15) is 0 Å². The molecule has 2 fully saturated rings. The minimum absolute atomic E-state index is 0.176. The van der Waals surface area contributed by atoms with Gasteiger partial charge in [0.1, 0.15) is 0 Å². The van der Waals surface area contributed by atoms with Gasteiger partial charge in [0.05, 0.1) is 26.4 Å². The standard InChI is InChI=1S/C60H112N2O8S2/c1-5-9-13-17-19-23-29-55(27-21-15-11-7-3)51-69-59(65)33-25-31-57(63)67-47-39-53-35-41-61(42-36-53)45-49-71-72-50-46-62-43-37-54(38-44-62)40-48-68-58(64)32-26-34-60(66)70-52-56(28-22-16-12-8-4)30-24-20-18-14-10-6-2/h53-56H,5-52H2,1-4H3. The fraction of sp³-hybridized carbons (Fsp3) is 0.933. The molecule has 2 aliphatic rings. The summed E-state index contributed by atoms with van der Waals surface area (Å²) < 4.78 is 22.6. The Balaban J connectivity index is 1.42. The molecule has 72 heavy (non-hydrogen) atoms. The number of rotatable bonds is 49. The zero-order chi connectivity index (χ0) is 52.0. The molecule has 0 spiro atoms. The highest BCUT2D eigenvalue weighted by Gasteiger charge is 2.22. The van der Waals surface area contributed by atoms with Gasteiger partial charge in [0, 0.05) is 50.3 Å². The number of unbranched alkanes of at least 4 members (excludes halogenated alkanes) is 16. The van der Waals surface area contributed by atoms with E-state index >= 15 is 0 Å². The average Bonchev–Trinajstić information content (AvgIpc) is 3.38. The lowest BCUT2D eigenvalue weighted by Gasteiger charge is -2.32. The maximum absolute atomic E-state index is 12.5. The van der Waals surface area contributed by atoms with Gasteiger partial charge in [0.25, 0.3) is 0 Å². The van der Waals surface area contributed by atoms with Crippen LogP contribution in [0.1, 0.15) is 259 Å². The Morgan fingerprint density at radius 1 is 0.403 bits per heavy atom. The van der Waals surface area contributed by atoms with Gasteiger partial charge in [-0.3, -0.25) is 19.2 Å². The largest absolute Gasteiger partial charge is 0.466 e. The van der Waals surface area contributed by atoms with E-state index in [0.717, 1.165) is 115 Å². The lowest BCUT2D eigenvalue weighted by molar-refractivity contribution is -0.148. The van der Waals surface area contributed by atoms with Crippen molar-refractivity contribution in [3.63, 3.8) is 0 Å². The molecule has 0 aromatic carbocycles. The van der Waals surface area contributed by atoms with Gasteiger partial charge in [-0.05, 0) is 127 Å². The first kappa shape index (κ1) is 66.6. The van der Waals surface area contributed by atoms with E-state index in [4.69, 9.17) is 18.9 Å². The Kier molecular flexibility index (Phi) is 44.3. The highest BCUT2D eigenvalue weighted by atomic mass is 33.1. The fourth-order valence-corrected chi connectivity index (χ4v) is 12.4. The quantitative estimate of drug-likeness (QED) is 0.0250. The van der Waals surface area contributed by atoms with Crippen LogP contribution in [0.5, 0.6) is 0 Å². The van der Waals surface area contributed by atoms with E-state index in [0.29, 0.717) is 62.9 Å². The Hall–Kier alpha value is -1.50. The number of carbonyl (C=O) groups is 4. The summed E-state index contributed by atoms with van der Waals surface area (Å²) in [5.41, 5.74) is 0. The number of esters is 4. The van der Waals surface area contributed by atoms with Crippen molar-refractivity contribution in [2.45, 2.75) is 259 Å². The van der Waals surface area contributed by atoms with E-state index in [-0.39, 0.29) is 49.6 Å². The number of hydrogen-bond donors (Lipinski definition) is 0. The highest BCUT2D eigenvalue weighted by Crippen LogP contribution is 2.27. The summed E-state index contributed by atoms with van der Waals surface area (Å²) in [5.74, 6) is 3.68. The third-order valence-electron chi connectivity index (χ3n) is 15.4. The van der Waals surface area contributed by atoms with Gasteiger partial charge >= 0.3 is 23.9 Å². The van der Waals surface area contributed by atoms with E-state index in [1.54, 1.807) is 0 Å². The van der Waals surface area contributed by atoms with E-state index in [1.807, 2.05) is 21.6 Å². The number of nitrogens with zero attached hydrogens (tertiary/aromatic N) is 2. The van der Waals surface area contributed by atoms with Gasteiger partial charge in [-0.1, -0.05) is 178 Å². The molecule has 0 aromatic heterocycles. The summed E-state index contributed by atoms with van der Waals surface area (Å²) >= 11 is 0. The van der Waals surface area contributed by atoms with Crippen LogP contribution in [0.3, 0.4) is 0 Å². The van der Waals surface area contributed by atoms with Crippen LogP contribution in [-0.2, 0) is 38.1 Å². The minimum Gasteiger partial charge on any atom is -0.466 e. The molecule has 2 atom stereocenters. The Morgan fingerprint density at radius 3 is 1.03 bits per heavy atom. The summed E-state index contributed by atoms with van der Waals surface area (Å²) in [6.45, 7) is 17.7. The summed E-state index contributed by atoms with van der Waals surface area (Å²) in [5, 5.41) is 0. The van der Waals surface area contributed by atoms with Crippen LogP contribution >= 0.6 is 21.6 Å². The molecule has 2 rings (SSSR count). The lowest BCUT2D eigenvalue weighted by Crippen LogP contribution is -2.36. The van der Waals surface area contributed by atoms with Crippen molar-refractivity contribution in [2.75, 3.05) is 77.2 Å². The molecule has 0 N–H and O–H groups in total. The predicted molar refractivity (Wildman–Crippen MR) is 304 cm³/mol. The number of hydrogen-bond acceptors (Lipinski definition) is 12. The van der Waals surface area contributed by atoms with Crippen LogP contribution in [0.15, 0.2) is 0 Å². The molecule has 0 amide bonds. The molecule has 0 saturated carbocycles. The summed E-state index contributed by atoms with van der Waals surface area (Å²) in [6.07, 6.45) is 38.7. The van der Waals surface area contributed by atoms with Crippen LogP contribution < -0.4 is 0 Å². The second kappa shape index (κ2) is 47.9. The zero-order valence-corrected chi connectivity index (χ0v) is 48.9. The maximum atomic E-state index is 12.5. The molecular weight excluding hydrogens is 941 g/mol. The molecule has 0 aliphatic carbocycles. The van der Waals surface area contributed by atoms with Gasteiger partial charge in [0.15, 0.2) is 0 Å². The van der Waals surface area contributed by atoms with E-state index in [1.165, 1.54) is 128 Å². The number of piperidine rings is 2. The summed E-state index contributed by atoms with van der Waals surface area (Å²) in [4.78, 5) is 55.0. The first-order chi connectivity index (χ1) is 35.3. The van der Waals surface area contributed by atoms with E-state index in [2.05, 4.69) is 37.5 Å². The molecule has 2 heterocycles. The second-order valence-corrected chi connectivity index (χ2v) is 24.6. The lowest BCUT2D eigenvalue weighted by atomic mass is 9.94. The van der Waals surface area contributed by atoms with Crippen molar-refractivity contribution in [1.29, 1.82) is 0 Å². The molecule has 0 aromatic rings. The van der Waals surface area contributed by atoms with E-state index < -0.39 is 0 Å². The van der Waals surface area contributed by atoms with Crippen molar-refractivity contribution in [3.05, 3.63) is 0 Å². The van der Waals surface area contributed by atoms with Crippen LogP contribution in [0.2, 0.25) is 0 Å². The maximum Gasteiger partial charge on any atom is 0.305 e. The van der Waals surface area contributed by atoms with Gasteiger partial charge in [-0.15, -0.1) is 0 Å². The van der Waals surface area contributed by atoms with Crippen molar-refractivity contribution in [3.8, 4) is 0 Å². The molecule has 12 heteroatoms. The molecule has 2 aliphatic heterocycles. The summed E-state index contributed by atoms with van der Waals surface area (Å²) in [6, 6.07) is 0. The molecule has 10 nitrogen and oxygen atoms in total. The number of carbonyl (C=O) groups excluding carboxylic acids is 4. The monoisotopic (exact) mass is 1050 g/mol. The Bertz CT molecular complexity index is 1200. The SMILES string of the molecule is CCCCCCCCC(CCCCCC)COC(=O)CCCC(=O)OCCC1CCN(CCSSCCN2CCC(CCOC(=O)CCCC(=O)OCC(CCCCCC)CCCCCCCC)CC2)CC1. The van der Waals surface area contributed by atoms with Crippen LogP contribution in [0.4, 0.5) is 0 Å². The third-order valence-corrected chi connectivity index (χ3v) is 17.8. The number of likely N-dealkylation sites (tertiary alicyclic amines) is 2. The fourth-order valence-electron chi connectivity index (χ4n) is 10.4. The van der Waals surface area contributed by atoms with Gasteiger partial charge < -0.3 is 28.7 Å². The minimum atomic E-state index is -0.194. The Morgan fingerprint density at radius 2 is 0.694 bits per heavy atom.